The van der Waals surface area contributed by atoms with E-state index in [4.69, 9.17) is 5.73 Å². The molecular formula is C15H26N10O3. The van der Waals surface area contributed by atoms with Gasteiger partial charge in [-0.15, -0.1) is 0 Å². The van der Waals surface area contributed by atoms with Crippen molar-refractivity contribution in [3.63, 3.8) is 0 Å². The zero-order chi connectivity index (χ0) is 20.7. The number of hydrogen-bond donors (Lipinski definition) is 7. The molecule has 2 aromatic heterocycles. The summed E-state index contributed by atoms with van der Waals surface area (Å²) in [5, 5.41) is 36.9. The van der Waals surface area contributed by atoms with E-state index in [1.807, 2.05) is 0 Å². The third kappa shape index (κ3) is 7.02. The third-order valence-corrected chi connectivity index (χ3v) is 3.15. The predicted octanol–water partition coefficient (Wildman–Crippen LogP) is -1.32. The zero-order valence-corrected chi connectivity index (χ0v) is 16.0. The molecule has 2 aromatic rings. The van der Waals surface area contributed by atoms with Gasteiger partial charge in [-0.25, -0.2) is 0 Å². The highest BCUT2D eigenvalue weighted by molar-refractivity contribution is 5.53. The summed E-state index contributed by atoms with van der Waals surface area (Å²) in [4.78, 5) is 24.9. The smallest absolute Gasteiger partial charge is 0.228 e. The Morgan fingerprint density at radius 2 is 1.00 bits per heavy atom. The fraction of sp³-hybridized carbons (Fsp3) is 0.600. The van der Waals surface area contributed by atoms with Gasteiger partial charge in [-0.1, -0.05) is 0 Å². The number of nitrogens with one attached hydrogen (secondary N) is 3. The molecule has 0 aliphatic carbocycles. The Bertz CT molecular complexity index is 741. The molecule has 0 spiro atoms. The number of anilines is 4. The van der Waals surface area contributed by atoms with Gasteiger partial charge in [-0.05, 0) is 20.8 Å². The molecule has 154 valence electrons. The van der Waals surface area contributed by atoms with Crippen molar-refractivity contribution in [3.8, 4) is 11.6 Å². The van der Waals surface area contributed by atoms with Gasteiger partial charge < -0.3 is 37.0 Å². The molecular weight excluding hydrogens is 368 g/mol. The summed E-state index contributed by atoms with van der Waals surface area (Å²) in [5.41, 5.74) is 5.74. The van der Waals surface area contributed by atoms with Crippen LogP contribution in [0.15, 0.2) is 0 Å². The molecule has 2 rings (SSSR count). The lowest BCUT2D eigenvalue weighted by atomic mass is 10.4. The molecule has 0 radical (unpaired) electrons. The number of rotatable bonds is 10. The highest BCUT2D eigenvalue weighted by Crippen LogP contribution is 2.16. The minimum absolute atomic E-state index is 0.0458. The van der Waals surface area contributed by atoms with Crippen LogP contribution in [0.25, 0.3) is 11.6 Å². The third-order valence-electron chi connectivity index (χ3n) is 3.15. The molecule has 13 heteroatoms. The van der Waals surface area contributed by atoms with Gasteiger partial charge in [-0.2, -0.15) is 29.9 Å². The van der Waals surface area contributed by atoms with Crippen molar-refractivity contribution in [2.24, 2.45) is 0 Å². The number of aromatic nitrogens is 6. The molecule has 0 aromatic carbocycles. The minimum atomic E-state index is -0.613. The maximum absolute atomic E-state index is 9.46. The molecule has 0 fully saturated rings. The molecule has 3 unspecified atom stereocenters. The number of aliphatic hydroxyl groups excluding tert-OH is 3. The van der Waals surface area contributed by atoms with Crippen LogP contribution in [0, 0.1) is 0 Å². The summed E-state index contributed by atoms with van der Waals surface area (Å²) in [7, 11) is 0. The van der Waals surface area contributed by atoms with Crippen molar-refractivity contribution >= 4 is 23.8 Å². The summed E-state index contributed by atoms with van der Waals surface area (Å²) in [6.45, 7) is 5.52. The zero-order valence-electron chi connectivity index (χ0n) is 16.0. The van der Waals surface area contributed by atoms with Gasteiger partial charge in [0.2, 0.25) is 35.4 Å². The fourth-order valence-corrected chi connectivity index (χ4v) is 1.92. The van der Waals surface area contributed by atoms with Gasteiger partial charge in [-0.3, -0.25) is 0 Å². The van der Waals surface area contributed by atoms with Gasteiger partial charge in [0.25, 0.3) is 0 Å². The Kier molecular flexibility index (Phi) is 7.54. The van der Waals surface area contributed by atoms with Crippen LogP contribution in [0.2, 0.25) is 0 Å². The van der Waals surface area contributed by atoms with Crippen LogP contribution < -0.4 is 21.7 Å². The molecule has 0 aliphatic heterocycles. The maximum Gasteiger partial charge on any atom is 0.228 e. The quantitative estimate of drug-likeness (QED) is 0.250. The molecule has 0 aliphatic rings. The number of aliphatic hydroxyl groups is 3. The average molecular weight is 394 g/mol. The maximum atomic E-state index is 9.46. The van der Waals surface area contributed by atoms with Crippen molar-refractivity contribution in [2.75, 3.05) is 41.3 Å². The lowest BCUT2D eigenvalue weighted by molar-refractivity contribution is 0.207. The first kappa shape index (κ1) is 21.4. The van der Waals surface area contributed by atoms with Crippen LogP contribution in [-0.4, -0.2) is 83.2 Å². The number of nitrogens with zero attached hydrogens (tertiary/aromatic N) is 6. The summed E-state index contributed by atoms with van der Waals surface area (Å²) in [5.74, 6) is 0.720. The minimum Gasteiger partial charge on any atom is -0.392 e. The summed E-state index contributed by atoms with van der Waals surface area (Å²) < 4.78 is 0. The number of nitrogen functional groups attached to an aromatic ring is 1. The predicted molar refractivity (Wildman–Crippen MR) is 104 cm³/mol. The Morgan fingerprint density at radius 3 is 1.39 bits per heavy atom. The van der Waals surface area contributed by atoms with Crippen molar-refractivity contribution in [3.05, 3.63) is 0 Å². The van der Waals surface area contributed by atoms with Crippen LogP contribution in [0.4, 0.5) is 23.8 Å². The molecule has 0 saturated carbocycles. The molecule has 13 nitrogen and oxygen atoms in total. The van der Waals surface area contributed by atoms with Gasteiger partial charge in [0, 0.05) is 19.6 Å². The second-order valence-electron chi connectivity index (χ2n) is 6.34. The molecule has 3 atom stereocenters. The largest absolute Gasteiger partial charge is 0.392 e. The second kappa shape index (κ2) is 9.87. The Balaban J connectivity index is 2.35. The number of hydrogen-bond acceptors (Lipinski definition) is 13. The van der Waals surface area contributed by atoms with Gasteiger partial charge in [0.05, 0.1) is 18.3 Å². The van der Waals surface area contributed by atoms with Crippen LogP contribution in [-0.2, 0) is 0 Å². The van der Waals surface area contributed by atoms with E-state index in [0.717, 1.165) is 0 Å². The summed E-state index contributed by atoms with van der Waals surface area (Å²) >= 11 is 0. The van der Waals surface area contributed by atoms with Crippen molar-refractivity contribution in [1.29, 1.82) is 0 Å². The van der Waals surface area contributed by atoms with Crippen LogP contribution in [0.3, 0.4) is 0 Å². The molecule has 28 heavy (non-hydrogen) atoms. The average Bonchev–Trinajstić information content (AvgIpc) is 2.62. The summed E-state index contributed by atoms with van der Waals surface area (Å²) in [6, 6.07) is 0. The van der Waals surface area contributed by atoms with E-state index in [-0.39, 0.29) is 55.1 Å². The highest BCUT2D eigenvalue weighted by atomic mass is 16.3. The van der Waals surface area contributed by atoms with E-state index in [9.17, 15) is 15.3 Å². The standard InChI is InChI=1S/C15H26N10O3/c1-7(26)4-17-13-21-10(20-12(16)24-13)11-22-14(18-5-8(2)27)25-15(23-11)19-6-9(3)28/h7-9,26-28H,4-6H2,1-3H3,(H3,16,17,20,21,24)(H2,18,19,22,23,25). The van der Waals surface area contributed by atoms with E-state index in [2.05, 4.69) is 45.9 Å². The van der Waals surface area contributed by atoms with E-state index < -0.39 is 18.3 Å². The summed E-state index contributed by atoms with van der Waals surface area (Å²) in [6.07, 6.45) is -1.83. The Morgan fingerprint density at radius 1 is 0.643 bits per heavy atom. The van der Waals surface area contributed by atoms with Crippen molar-refractivity contribution < 1.29 is 15.3 Å². The van der Waals surface area contributed by atoms with Crippen LogP contribution in [0.1, 0.15) is 20.8 Å². The van der Waals surface area contributed by atoms with Crippen molar-refractivity contribution in [1.82, 2.24) is 29.9 Å². The lowest BCUT2D eigenvalue weighted by Gasteiger charge is -2.12. The van der Waals surface area contributed by atoms with Crippen LogP contribution in [0.5, 0.6) is 0 Å². The van der Waals surface area contributed by atoms with E-state index in [0.29, 0.717) is 0 Å². The lowest BCUT2D eigenvalue weighted by Crippen LogP contribution is -2.21. The number of nitrogens with two attached hydrogens (primary N) is 1. The normalized spacial score (nSPS) is 14.2. The second-order valence-corrected chi connectivity index (χ2v) is 6.34. The first-order valence-electron chi connectivity index (χ1n) is 8.76. The molecule has 2 heterocycles. The van der Waals surface area contributed by atoms with Gasteiger partial charge >= 0.3 is 0 Å². The highest BCUT2D eigenvalue weighted by Gasteiger charge is 2.14. The van der Waals surface area contributed by atoms with E-state index in [1.54, 1.807) is 20.8 Å². The van der Waals surface area contributed by atoms with Gasteiger partial charge in [0.1, 0.15) is 0 Å². The Hall–Kier alpha value is -2.90. The van der Waals surface area contributed by atoms with Crippen molar-refractivity contribution in [2.45, 2.75) is 39.1 Å². The molecule has 8 N–H and O–H groups in total. The van der Waals surface area contributed by atoms with E-state index in [1.165, 1.54) is 0 Å². The van der Waals surface area contributed by atoms with E-state index >= 15 is 0 Å². The first-order chi connectivity index (χ1) is 13.2. The topological polar surface area (TPSA) is 200 Å². The molecule has 0 bridgehead atoms. The molecule has 0 saturated heterocycles. The first-order valence-corrected chi connectivity index (χ1v) is 8.76. The Labute approximate surface area is 161 Å². The van der Waals surface area contributed by atoms with Crippen LogP contribution >= 0.6 is 0 Å². The fourth-order valence-electron chi connectivity index (χ4n) is 1.92. The SMILES string of the molecule is CC(O)CNc1nc(N)nc(-c2nc(NCC(C)O)nc(NCC(C)O)n2)n1. The molecule has 0 amide bonds. The monoisotopic (exact) mass is 394 g/mol. The van der Waals surface area contributed by atoms with Gasteiger partial charge in [0.15, 0.2) is 0 Å².